The number of nitrogens with one attached hydrogen (secondary N) is 1. The Bertz CT molecular complexity index is 317. The molecule has 2 atom stereocenters. The van der Waals surface area contributed by atoms with Gasteiger partial charge in [-0.1, -0.05) is 32.3 Å². The van der Waals surface area contributed by atoms with Crippen LogP contribution in [0.4, 0.5) is 0 Å². The third-order valence-electron chi connectivity index (χ3n) is 4.18. The molecule has 0 aromatic carbocycles. The highest BCUT2D eigenvalue weighted by Crippen LogP contribution is 2.32. The van der Waals surface area contributed by atoms with Gasteiger partial charge in [-0.15, -0.1) is 0 Å². The van der Waals surface area contributed by atoms with Gasteiger partial charge in [-0.05, 0) is 37.9 Å². The van der Waals surface area contributed by atoms with Crippen LogP contribution in [-0.2, 0) is 0 Å². The molecule has 17 heavy (non-hydrogen) atoms. The molecule has 1 aromatic rings. The van der Waals surface area contributed by atoms with Gasteiger partial charge >= 0.3 is 0 Å². The van der Waals surface area contributed by atoms with E-state index in [-0.39, 0.29) is 0 Å². The molecule has 2 unspecified atom stereocenters. The molecule has 0 saturated heterocycles. The Morgan fingerprint density at radius 3 is 2.59 bits per heavy atom. The zero-order chi connectivity index (χ0) is 12.1. The lowest BCUT2D eigenvalue weighted by Crippen LogP contribution is -2.39. The fourth-order valence-corrected chi connectivity index (χ4v) is 3.22. The summed E-state index contributed by atoms with van der Waals surface area (Å²) in [4.78, 5) is 4.50. The van der Waals surface area contributed by atoms with Crippen molar-refractivity contribution in [1.82, 2.24) is 10.3 Å². The van der Waals surface area contributed by atoms with Crippen LogP contribution in [-0.4, -0.2) is 18.1 Å². The van der Waals surface area contributed by atoms with Crippen LogP contribution in [0.25, 0.3) is 0 Å². The molecule has 0 spiro atoms. The molecule has 0 amide bonds. The normalized spacial score (nSPS) is 21.1. The molecule has 2 rings (SSSR count). The fraction of sp³-hybridized carbons (Fsp3) is 0.667. The number of hydrogen-bond donors (Lipinski definition) is 1. The van der Waals surface area contributed by atoms with E-state index in [1.54, 1.807) is 0 Å². The first-order valence-corrected chi connectivity index (χ1v) is 6.91. The second-order valence-corrected chi connectivity index (χ2v) is 5.26. The molecule has 1 fully saturated rings. The quantitative estimate of drug-likeness (QED) is 0.861. The second-order valence-electron chi connectivity index (χ2n) is 5.26. The summed E-state index contributed by atoms with van der Waals surface area (Å²) < 4.78 is 0. The number of likely N-dealkylation sites (N-methyl/N-ethyl adjacent to an activating group) is 1. The van der Waals surface area contributed by atoms with Crippen LogP contribution in [0.2, 0.25) is 0 Å². The molecule has 1 aliphatic rings. The monoisotopic (exact) mass is 232 g/mol. The van der Waals surface area contributed by atoms with Crippen molar-refractivity contribution >= 4 is 0 Å². The fourth-order valence-electron chi connectivity index (χ4n) is 3.22. The van der Waals surface area contributed by atoms with E-state index in [1.165, 1.54) is 37.8 Å². The lowest BCUT2D eigenvalue weighted by atomic mass is 9.78. The van der Waals surface area contributed by atoms with Crippen LogP contribution in [0.15, 0.2) is 24.4 Å². The van der Waals surface area contributed by atoms with Gasteiger partial charge in [-0.2, -0.15) is 0 Å². The Morgan fingerprint density at radius 1 is 1.24 bits per heavy atom. The summed E-state index contributed by atoms with van der Waals surface area (Å²) in [5, 5.41) is 3.53. The molecule has 0 radical (unpaired) electrons. The molecule has 2 heteroatoms. The standard InChI is InChI=1S/C15H24N2/c1-12(14-10-6-7-11-17-14)15(16-2)13-8-4-3-5-9-13/h6-7,10-13,15-16H,3-5,8-9H2,1-2H3. The molecule has 0 bridgehead atoms. The van der Waals surface area contributed by atoms with Crippen molar-refractivity contribution in [2.45, 2.75) is 51.0 Å². The summed E-state index contributed by atoms with van der Waals surface area (Å²) in [7, 11) is 2.10. The number of aromatic nitrogens is 1. The van der Waals surface area contributed by atoms with E-state index >= 15 is 0 Å². The highest BCUT2D eigenvalue weighted by molar-refractivity contribution is 5.11. The maximum Gasteiger partial charge on any atom is 0.0447 e. The highest BCUT2D eigenvalue weighted by Gasteiger charge is 2.28. The van der Waals surface area contributed by atoms with Gasteiger partial charge in [0.2, 0.25) is 0 Å². The molecule has 1 saturated carbocycles. The molecular formula is C15H24N2. The van der Waals surface area contributed by atoms with Gasteiger partial charge in [0.15, 0.2) is 0 Å². The van der Waals surface area contributed by atoms with Crippen LogP contribution in [0, 0.1) is 5.92 Å². The third kappa shape index (κ3) is 3.06. The van der Waals surface area contributed by atoms with E-state index < -0.39 is 0 Å². The van der Waals surface area contributed by atoms with Crippen molar-refractivity contribution in [3.05, 3.63) is 30.1 Å². The van der Waals surface area contributed by atoms with Gasteiger partial charge in [0.25, 0.3) is 0 Å². The Labute approximate surface area is 105 Å². The average Bonchev–Trinajstić information content (AvgIpc) is 2.42. The zero-order valence-electron chi connectivity index (χ0n) is 11.0. The topological polar surface area (TPSA) is 24.9 Å². The Balaban J connectivity index is 2.06. The molecular weight excluding hydrogens is 208 g/mol. The molecule has 0 aliphatic heterocycles. The lowest BCUT2D eigenvalue weighted by molar-refractivity contribution is 0.253. The minimum absolute atomic E-state index is 0.504. The highest BCUT2D eigenvalue weighted by atomic mass is 14.9. The van der Waals surface area contributed by atoms with Gasteiger partial charge < -0.3 is 5.32 Å². The van der Waals surface area contributed by atoms with Crippen LogP contribution in [0.5, 0.6) is 0 Å². The number of hydrogen-bond acceptors (Lipinski definition) is 2. The van der Waals surface area contributed by atoms with Gasteiger partial charge in [-0.25, -0.2) is 0 Å². The lowest BCUT2D eigenvalue weighted by Gasteiger charge is -2.34. The first-order chi connectivity index (χ1) is 8.33. The molecule has 1 N–H and O–H groups in total. The number of pyridine rings is 1. The van der Waals surface area contributed by atoms with E-state index in [1.807, 2.05) is 12.3 Å². The predicted octanol–water partition coefficient (Wildman–Crippen LogP) is 3.35. The van der Waals surface area contributed by atoms with Crippen LogP contribution in [0.1, 0.15) is 50.6 Å². The van der Waals surface area contributed by atoms with Crippen molar-refractivity contribution in [3.8, 4) is 0 Å². The molecule has 1 aromatic heterocycles. The van der Waals surface area contributed by atoms with Gasteiger partial charge in [0.1, 0.15) is 0 Å². The summed E-state index contributed by atoms with van der Waals surface area (Å²) in [5.41, 5.74) is 1.22. The number of nitrogens with zero attached hydrogens (tertiary/aromatic N) is 1. The van der Waals surface area contributed by atoms with Gasteiger partial charge in [-0.3, -0.25) is 4.98 Å². The maximum atomic E-state index is 4.50. The summed E-state index contributed by atoms with van der Waals surface area (Å²) in [6.07, 6.45) is 8.88. The Kier molecular flexibility index (Phi) is 4.55. The average molecular weight is 232 g/mol. The summed E-state index contributed by atoms with van der Waals surface area (Å²) >= 11 is 0. The van der Waals surface area contributed by atoms with E-state index in [9.17, 15) is 0 Å². The van der Waals surface area contributed by atoms with Crippen LogP contribution >= 0.6 is 0 Å². The van der Waals surface area contributed by atoms with Gasteiger partial charge in [0, 0.05) is 23.9 Å². The molecule has 94 valence electrons. The van der Waals surface area contributed by atoms with Crippen molar-refractivity contribution in [1.29, 1.82) is 0 Å². The minimum Gasteiger partial charge on any atom is -0.316 e. The zero-order valence-corrected chi connectivity index (χ0v) is 11.0. The largest absolute Gasteiger partial charge is 0.316 e. The maximum absolute atomic E-state index is 4.50. The van der Waals surface area contributed by atoms with E-state index in [2.05, 4.69) is 36.4 Å². The summed E-state index contributed by atoms with van der Waals surface area (Å²) in [5.74, 6) is 1.33. The minimum atomic E-state index is 0.504. The Hall–Kier alpha value is -0.890. The van der Waals surface area contributed by atoms with Crippen LogP contribution in [0.3, 0.4) is 0 Å². The first-order valence-electron chi connectivity index (χ1n) is 6.91. The van der Waals surface area contributed by atoms with Crippen molar-refractivity contribution in [2.75, 3.05) is 7.05 Å². The molecule has 1 aliphatic carbocycles. The van der Waals surface area contributed by atoms with E-state index in [4.69, 9.17) is 0 Å². The Morgan fingerprint density at radius 2 is 2.00 bits per heavy atom. The van der Waals surface area contributed by atoms with Crippen molar-refractivity contribution < 1.29 is 0 Å². The van der Waals surface area contributed by atoms with E-state index in [0.29, 0.717) is 12.0 Å². The first kappa shape index (κ1) is 12.6. The molecule has 2 nitrogen and oxygen atoms in total. The van der Waals surface area contributed by atoms with Crippen LogP contribution < -0.4 is 5.32 Å². The van der Waals surface area contributed by atoms with E-state index in [0.717, 1.165) is 5.92 Å². The predicted molar refractivity (Wildman–Crippen MR) is 72.1 cm³/mol. The third-order valence-corrected chi connectivity index (χ3v) is 4.18. The summed E-state index contributed by atoms with van der Waals surface area (Å²) in [6, 6.07) is 6.81. The number of rotatable bonds is 4. The van der Waals surface area contributed by atoms with Gasteiger partial charge in [0.05, 0.1) is 0 Å². The van der Waals surface area contributed by atoms with Crippen molar-refractivity contribution in [2.24, 2.45) is 5.92 Å². The second kappa shape index (κ2) is 6.15. The molecule has 1 heterocycles. The SMILES string of the molecule is CNC(C1CCCCC1)C(C)c1ccccn1. The smallest absolute Gasteiger partial charge is 0.0447 e. The summed E-state index contributed by atoms with van der Waals surface area (Å²) in [6.45, 7) is 2.30. The van der Waals surface area contributed by atoms with Crippen molar-refractivity contribution in [3.63, 3.8) is 0 Å².